The van der Waals surface area contributed by atoms with E-state index in [0.717, 1.165) is 0 Å². The Labute approximate surface area is 91.1 Å². The van der Waals surface area contributed by atoms with Gasteiger partial charge >= 0.3 is 0 Å². The van der Waals surface area contributed by atoms with Crippen LogP contribution in [0, 0.1) is 12.3 Å². The highest BCUT2D eigenvalue weighted by atomic mass is 32.2. The summed E-state index contributed by atoms with van der Waals surface area (Å²) in [4.78, 5) is 4.10. The number of hydrogen-bond acceptors (Lipinski definition) is 5. The van der Waals surface area contributed by atoms with Crippen molar-refractivity contribution in [2.75, 3.05) is 5.75 Å². The molecule has 0 amide bonds. The molecule has 0 aliphatic carbocycles. The molecular weight excluding hydrogens is 210 g/mol. The first-order valence-corrected chi connectivity index (χ1v) is 5.20. The molecule has 0 fully saturated rings. The highest BCUT2D eigenvalue weighted by molar-refractivity contribution is 7.99. The number of aromatic nitrogens is 3. The average Bonchev–Trinajstić information content (AvgIpc) is 2.76. The fraction of sp³-hybridized carbons (Fsp3) is 0.100. The second kappa shape index (κ2) is 4.62. The first kappa shape index (κ1) is 9.74. The third-order valence-corrected chi connectivity index (χ3v) is 2.29. The third kappa shape index (κ3) is 2.36. The second-order valence-electron chi connectivity index (χ2n) is 2.58. The van der Waals surface area contributed by atoms with Crippen molar-refractivity contribution in [1.82, 2.24) is 15.2 Å². The van der Waals surface area contributed by atoms with Gasteiger partial charge in [-0.05, 0) is 12.1 Å². The summed E-state index contributed by atoms with van der Waals surface area (Å²) in [5, 5.41) is 8.18. The van der Waals surface area contributed by atoms with Gasteiger partial charge < -0.3 is 4.42 Å². The third-order valence-electron chi connectivity index (χ3n) is 1.57. The Bertz CT molecular complexity index is 475. The van der Waals surface area contributed by atoms with Gasteiger partial charge in [-0.15, -0.1) is 16.6 Å². The van der Waals surface area contributed by atoms with E-state index in [9.17, 15) is 0 Å². The predicted molar refractivity (Wildman–Crippen MR) is 57.1 cm³/mol. The Morgan fingerprint density at radius 2 is 2.33 bits per heavy atom. The fourth-order valence-electron chi connectivity index (χ4n) is 0.964. The van der Waals surface area contributed by atoms with Crippen LogP contribution in [0.3, 0.4) is 0 Å². The van der Waals surface area contributed by atoms with E-state index in [4.69, 9.17) is 10.8 Å². The van der Waals surface area contributed by atoms with Crippen molar-refractivity contribution in [1.29, 1.82) is 0 Å². The zero-order chi connectivity index (χ0) is 10.5. The highest BCUT2D eigenvalue weighted by Gasteiger charge is 2.08. The minimum atomic E-state index is 0.412. The molecule has 0 spiro atoms. The number of terminal acetylenes is 1. The summed E-state index contributed by atoms with van der Waals surface area (Å²) in [7, 11) is 0. The lowest BCUT2D eigenvalue weighted by atomic mass is 10.3. The lowest BCUT2D eigenvalue weighted by Crippen LogP contribution is -1.80. The van der Waals surface area contributed by atoms with Crippen molar-refractivity contribution in [3.05, 3.63) is 24.4 Å². The van der Waals surface area contributed by atoms with E-state index in [2.05, 4.69) is 21.1 Å². The number of pyridine rings is 1. The molecule has 0 radical (unpaired) electrons. The second-order valence-corrected chi connectivity index (χ2v) is 3.51. The molecular formula is C10H7N3OS. The normalized spacial score (nSPS) is 9.80. The Hall–Kier alpha value is -1.80. The molecule has 0 atom stereocenters. The highest BCUT2D eigenvalue weighted by Crippen LogP contribution is 2.20. The molecule has 2 aromatic heterocycles. The van der Waals surface area contributed by atoms with Gasteiger partial charge in [-0.2, -0.15) is 0 Å². The molecule has 5 heteroatoms. The zero-order valence-corrected chi connectivity index (χ0v) is 8.57. The molecule has 0 N–H and O–H groups in total. The van der Waals surface area contributed by atoms with Gasteiger partial charge in [0.25, 0.3) is 11.1 Å². The Kier molecular flexibility index (Phi) is 3.00. The number of nitrogens with zero attached hydrogens (tertiary/aromatic N) is 3. The van der Waals surface area contributed by atoms with Gasteiger partial charge in [-0.25, -0.2) is 0 Å². The standard InChI is InChI=1S/C10H7N3OS/c1-2-7-15-10-13-12-9(14-10)8-5-3-4-6-11-8/h1,3-6H,7H2. The van der Waals surface area contributed by atoms with Crippen molar-refractivity contribution >= 4 is 11.8 Å². The van der Waals surface area contributed by atoms with Crippen LogP contribution in [0.1, 0.15) is 0 Å². The fourth-order valence-corrected chi connectivity index (χ4v) is 1.41. The van der Waals surface area contributed by atoms with Crippen molar-refractivity contribution in [3.63, 3.8) is 0 Å². The zero-order valence-electron chi connectivity index (χ0n) is 7.75. The van der Waals surface area contributed by atoms with E-state index >= 15 is 0 Å². The van der Waals surface area contributed by atoms with E-state index in [-0.39, 0.29) is 0 Å². The van der Waals surface area contributed by atoms with Crippen LogP contribution < -0.4 is 0 Å². The van der Waals surface area contributed by atoms with Gasteiger partial charge in [-0.1, -0.05) is 23.7 Å². The molecule has 2 aromatic rings. The summed E-state index contributed by atoms with van der Waals surface area (Å²) in [5.74, 6) is 3.41. The quantitative estimate of drug-likeness (QED) is 0.580. The van der Waals surface area contributed by atoms with Crippen LogP contribution in [0.15, 0.2) is 34.0 Å². The summed E-state index contributed by atoms with van der Waals surface area (Å²) >= 11 is 1.33. The number of rotatable bonds is 3. The minimum Gasteiger partial charge on any atom is -0.410 e. The Morgan fingerprint density at radius 3 is 3.07 bits per heavy atom. The summed E-state index contributed by atoms with van der Waals surface area (Å²) in [5.41, 5.74) is 0.664. The van der Waals surface area contributed by atoms with Gasteiger partial charge in [-0.3, -0.25) is 4.98 Å². The van der Waals surface area contributed by atoms with Crippen LogP contribution in [0.2, 0.25) is 0 Å². The Morgan fingerprint density at radius 1 is 1.40 bits per heavy atom. The van der Waals surface area contributed by atoms with Gasteiger partial charge in [0.05, 0.1) is 5.75 Å². The van der Waals surface area contributed by atoms with Crippen molar-refractivity contribution in [2.45, 2.75) is 5.22 Å². The molecule has 0 unspecified atom stereocenters. The lowest BCUT2D eigenvalue weighted by Gasteiger charge is -1.90. The van der Waals surface area contributed by atoms with E-state index < -0.39 is 0 Å². The van der Waals surface area contributed by atoms with E-state index in [0.29, 0.717) is 22.6 Å². The molecule has 0 saturated carbocycles. The molecule has 15 heavy (non-hydrogen) atoms. The summed E-state index contributed by atoms with van der Waals surface area (Å²) in [6, 6.07) is 5.50. The average molecular weight is 217 g/mol. The largest absolute Gasteiger partial charge is 0.410 e. The summed E-state index contributed by atoms with van der Waals surface area (Å²) in [6.45, 7) is 0. The SMILES string of the molecule is C#CCSc1nnc(-c2ccccn2)o1. The number of thioether (sulfide) groups is 1. The van der Waals surface area contributed by atoms with Gasteiger partial charge in [0.15, 0.2) is 0 Å². The number of hydrogen-bond donors (Lipinski definition) is 0. The summed E-state index contributed by atoms with van der Waals surface area (Å²) < 4.78 is 5.35. The van der Waals surface area contributed by atoms with Crippen LogP contribution in [0.5, 0.6) is 0 Å². The molecule has 2 rings (SSSR count). The van der Waals surface area contributed by atoms with Gasteiger partial charge in [0.2, 0.25) is 0 Å². The van der Waals surface area contributed by atoms with Crippen LogP contribution in [-0.2, 0) is 0 Å². The smallest absolute Gasteiger partial charge is 0.277 e. The predicted octanol–water partition coefficient (Wildman–Crippen LogP) is 1.86. The monoisotopic (exact) mass is 217 g/mol. The Balaban J connectivity index is 2.18. The van der Waals surface area contributed by atoms with E-state index in [1.807, 2.05) is 18.2 Å². The molecule has 74 valence electrons. The van der Waals surface area contributed by atoms with E-state index in [1.54, 1.807) is 6.20 Å². The first-order chi connectivity index (χ1) is 7.40. The molecule has 0 aliphatic heterocycles. The van der Waals surface area contributed by atoms with Crippen LogP contribution in [0.25, 0.3) is 11.6 Å². The molecule has 0 bridgehead atoms. The molecule has 0 saturated heterocycles. The maximum atomic E-state index is 5.35. The molecule has 4 nitrogen and oxygen atoms in total. The molecule has 0 aliphatic rings. The van der Waals surface area contributed by atoms with Gasteiger partial charge in [0.1, 0.15) is 5.69 Å². The van der Waals surface area contributed by atoms with Gasteiger partial charge in [0, 0.05) is 6.20 Å². The minimum absolute atomic E-state index is 0.412. The van der Waals surface area contributed by atoms with Crippen LogP contribution >= 0.6 is 11.8 Å². The molecule has 0 aromatic carbocycles. The maximum absolute atomic E-state index is 5.35. The van der Waals surface area contributed by atoms with Crippen LogP contribution in [0.4, 0.5) is 0 Å². The van der Waals surface area contributed by atoms with Crippen LogP contribution in [-0.4, -0.2) is 20.9 Å². The van der Waals surface area contributed by atoms with E-state index in [1.165, 1.54) is 11.8 Å². The molecule has 2 heterocycles. The topological polar surface area (TPSA) is 51.8 Å². The lowest BCUT2D eigenvalue weighted by molar-refractivity contribution is 0.465. The van der Waals surface area contributed by atoms with Crippen molar-refractivity contribution < 1.29 is 4.42 Å². The van der Waals surface area contributed by atoms with Crippen molar-refractivity contribution in [3.8, 4) is 23.9 Å². The first-order valence-electron chi connectivity index (χ1n) is 4.21. The van der Waals surface area contributed by atoms with Crippen molar-refractivity contribution in [2.24, 2.45) is 0 Å². The maximum Gasteiger partial charge on any atom is 0.277 e. The summed E-state index contributed by atoms with van der Waals surface area (Å²) in [6.07, 6.45) is 6.80.